The summed E-state index contributed by atoms with van der Waals surface area (Å²) in [5.41, 5.74) is 2.66. The Kier molecular flexibility index (Phi) is 5.58. The molecule has 7 nitrogen and oxygen atoms in total. The van der Waals surface area contributed by atoms with Crippen LogP contribution in [0, 0.1) is 5.92 Å². The Morgan fingerprint density at radius 2 is 1.64 bits per heavy atom. The predicted molar refractivity (Wildman–Crippen MR) is 130 cm³/mol. The van der Waals surface area contributed by atoms with Crippen LogP contribution in [0.4, 0.5) is 16.5 Å². The maximum absolute atomic E-state index is 12.7. The summed E-state index contributed by atoms with van der Waals surface area (Å²) in [6, 6.07) is 23.7. The van der Waals surface area contributed by atoms with Gasteiger partial charge in [-0.15, -0.1) is 0 Å². The van der Waals surface area contributed by atoms with E-state index in [9.17, 15) is 14.4 Å². The minimum Gasteiger partial charge on any atom is -0.326 e. The lowest BCUT2D eigenvalue weighted by molar-refractivity contribution is -0.122. The molecule has 0 saturated carbocycles. The van der Waals surface area contributed by atoms with Crippen molar-refractivity contribution in [1.29, 1.82) is 0 Å². The van der Waals surface area contributed by atoms with Crippen molar-refractivity contribution in [1.82, 2.24) is 4.98 Å². The largest absolute Gasteiger partial charge is 0.326 e. The van der Waals surface area contributed by atoms with Crippen molar-refractivity contribution < 1.29 is 14.4 Å². The second kappa shape index (κ2) is 8.84. The number of fused-ring (bicyclic) bond motifs is 1. The molecule has 2 heterocycles. The molecule has 4 aromatic rings. The first-order valence-corrected chi connectivity index (χ1v) is 11.3. The SMILES string of the molecule is O=C(Nc1nc2ccccc2s1)c1ccc(NC(=O)C2CC(=O)N(c3ccccc3)C2)cc1. The number of amides is 3. The molecule has 1 unspecified atom stereocenters. The van der Waals surface area contributed by atoms with Crippen LogP contribution in [0.15, 0.2) is 78.9 Å². The third kappa shape index (κ3) is 4.47. The molecule has 1 aliphatic heterocycles. The Balaban J connectivity index is 1.20. The Labute approximate surface area is 194 Å². The van der Waals surface area contributed by atoms with Crippen LogP contribution in [0.5, 0.6) is 0 Å². The van der Waals surface area contributed by atoms with E-state index in [-0.39, 0.29) is 24.1 Å². The molecule has 0 aliphatic carbocycles. The van der Waals surface area contributed by atoms with Gasteiger partial charge in [-0.3, -0.25) is 19.7 Å². The number of hydrogen-bond acceptors (Lipinski definition) is 5. The average Bonchev–Trinajstić information content (AvgIpc) is 3.43. The lowest BCUT2D eigenvalue weighted by Crippen LogP contribution is -2.28. The van der Waals surface area contributed by atoms with Crippen LogP contribution >= 0.6 is 11.3 Å². The van der Waals surface area contributed by atoms with Gasteiger partial charge in [-0.05, 0) is 48.5 Å². The van der Waals surface area contributed by atoms with Crippen molar-refractivity contribution >= 4 is 55.8 Å². The molecular formula is C25H20N4O3S. The Morgan fingerprint density at radius 3 is 2.39 bits per heavy atom. The van der Waals surface area contributed by atoms with E-state index < -0.39 is 5.92 Å². The highest BCUT2D eigenvalue weighted by Gasteiger charge is 2.35. The van der Waals surface area contributed by atoms with Gasteiger partial charge in [0.2, 0.25) is 11.8 Å². The van der Waals surface area contributed by atoms with Crippen LogP contribution in [0.1, 0.15) is 16.8 Å². The highest BCUT2D eigenvalue weighted by atomic mass is 32.1. The standard InChI is InChI=1S/C25H20N4O3S/c30-22-14-17(15-29(22)19-6-2-1-3-7-19)24(32)26-18-12-10-16(11-13-18)23(31)28-25-27-20-8-4-5-9-21(20)33-25/h1-13,17H,14-15H2,(H,26,32)(H,27,28,31). The van der Waals surface area contributed by atoms with Gasteiger partial charge in [-0.25, -0.2) is 4.98 Å². The zero-order chi connectivity index (χ0) is 22.8. The van der Waals surface area contributed by atoms with E-state index in [0.29, 0.717) is 22.9 Å². The van der Waals surface area contributed by atoms with Crippen molar-refractivity contribution in [2.24, 2.45) is 5.92 Å². The number of aromatic nitrogens is 1. The van der Waals surface area contributed by atoms with Gasteiger partial charge in [-0.2, -0.15) is 0 Å². The van der Waals surface area contributed by atoms with Crippen LogP contribution in [-0.4, -0.2) is 29.3 Å². The zero-order valence-electron chi connectivity index (χ0n) is 17.5. The van der Waals surface area contributed by atoms with E-state index in [1.165, 1.54) is 11.3 Å². The van der Waals surface area contributed by atoms with Crippen LogP contribution in [0.25, 0.3) is 10.2 Å². The number of hydrogen-bond donors (Lipinski definition) is 2. The molecule has 1 saturated heterocycles. The zero-order valence-corrected chi connectivity index (χ0v) is 18.3. The van der Waals surface area contributed by atoms with Crippen LogP contribution in [0.3, 0.4) is 0 Å². The van der Waals surface area contributed by atoms with Gasteiger partial charge in [0, 0.05) is 29.9 Å². The summed E-state index contributed by atoms with van der Waals surface area (Å²) in [7, 11) is 0. The third-order valence-corrected chi connectivity index (χ3v) is 6.44. The van der Waals surface area contributed by atoms with Gasteiger partial charge in [-0.1, -0.05) is 41.7 Å². The maximum atomic E-state index is 12.7. The fourth-order valence-corrected chi connectivity index (χ4v) is 4.65. The predicted octanol–water partition coefficient (Wildman–Crippen LogP) is 4.54. The third-order valence-electron chi connectivity index (χ3n) is 5.49. The first-order chi connectivity index (χ1) is 16.1. The number of para-hydroxylation sites is 2. The molecule has 1 atom stereocenters. The van der Waals surface area contributed by atoms with E-state index in [4.69, 9.17) is 0 Å². The van der Waals surface area contributed by atoms with E-state index in [1.54, 1.807) is 29.2 Å². The van der Waals surface area contributed by atoms with Crippen LogP contribution in [0.2, 0.25) is 0 Å². The molecule has 8 heteroatoms. The number of thiazole rings is 1. The van der Waals surface area contributed by atoms with Crippen molar-refractivity contribution in [2.75, 3.05) is 22.1 Å². The highest BCUT2D eigenvalue weighted by molar-refractivity contribution is 7.22. The molecule has 0 radical (unpaired) electrons. The number of nitrogens with one attached hydrogen (secondary N) is 2. The lowest BCUT2D eigenvalue weighted by Gasteiger charge is -2.16. The molecule has 33 heavy (non-hydrogen) atoms. The molecule has 1 aliphatic rings. The Bertz CT molecular complexity index is 1300. The number of benzene rings is 3. The van der Waals surface area contributed by atoms with Crippen LogP contribution in [-0.2, 0) is 9.59 Å². The fourth-order valence-electron chi connectivity index (χ4n) is 3.78. The number of anilines is 3. The normalized spacial score (nSPS) is 15.6. The van der Waals surface area contributed by atoms with E-state index in [2.05, 4.69) is 15.6 Å². The van der Waals surface area contributed by atoms with Gasteiger partial charge in [0.15, 0.2) is 5.13 Å². The fraction of sp³-hybridized carbons (Fsp3) is 0.120. The van der Waals surface area contributed by atoms with Crippen molar-refractivity contribution in [3.63, 3.8) is 0 Å². The quantitative estimate of drug-likeness (QED) is 0.461. The molecular weight excluding hydrogens is 436 g/mol. The molecule has 3 amide bonds. The molecule has 0 spiro atoms. The van der Waals surface area contributed by atoms with Gasteiger partial charge in [0.1, 0.15) is 0 Å². The summed E-state index contributed by atoms with van der Waals surface area (Å²) < 4.78 is 1.00. The number of carbonyl (C=O) groups excluding carboxylic acids is 3. The minimum absolute atomic E-state index is 0.0665. The lowest BCUT2D eigenvalue weighted by atomic mass is 10.1. The minimum atomic E-state index is -0.431. The van der Waals surface area contributed by atoms with Gasteiger partial charge >= 0.3 is 0 Å². The van der Waals surface area contributed by atoms with Gasteiger partial charge < -0.3 is 10.2 Å². The van der Waals surface area contributed by atoms with Crippen molar-refractivity contribution in [2.45, 2.75) is 6.42 Å². The number of rotatable bonds is 5. The summed E-state index contributed by atoms with van der Waals surface area (Å²) in [6.45, 7) is 0.345. The smallest absolute Gasteiger partial charge is 0.257 e. The summed E-state index contributed by atoms with van der Waals surface area (Å²) in [5.74, 6) is -0.983. The first kappa shape index (κ1) is 20.8. The van der Waals surface area contributed by atoms with Crippen molar-refractivity contribution in [3.8, 4) is 0 Å². The molecule has 164 valence electrons. The maximum Gasteiger partial charge on any atom is 0.257 e. The van der Waals surface area contributed by atoms with Gasteiger partial charge in [0.05, 0.1) is 16.1 Å². The number of carbonyl (C=O) groups is 3. The summed E-state index contributed by atoms with van der Waals surface area (Å²) in [4.78, 5) is 43.7. The van der Waals surface area contributed by atoms with E-state index in [1.807, 2.05) is 54.6 Å². The molecule has 0 bridgehead atoms. The van der Waals surface area contributed by atoms with Crippen LogP contribution < -0.4 is 15.5 Å². The molecule has 3 aromatic carbocycles. The molecule has 5 rings (SSSR count). The monoisotopic (exact) mass is 456 g/mol. The molecule has 2 N–H and O–H groups in total. The average molecular weight is 457 g/mol. The number of nitrogens with zero attached hydrogens (tertiary/aromatic N) is 2. The van der Waals surface area contributed by atoms with Gasteiger partial charge in [0.25, 0.3) is 5.91 Å². The topological polar surface area (TPSA) is 91.4 Å². The second-order valence-corrected chi connectivity index (χ2v) is 8.78. The molecule has 1 aromatic heterocycles. The van der Waals surface area contributed by atoms with E-state index >= 15 is 0 Å². The highest BCUT2D eigenvalue weighted by Crippen LogP contribution is 2.27. The second-order valence-electron chi connectivity index (χ2n) is 7.75. The Morgan fingerprint density at radius 1 is 0.909 bits per heavy atom. The summed E-state index contributed by atoms with van der Waals surface area (Å²) in [6.07, 6.45) is 0.170. The molecule has 1 fully saturated rings. The Hall–Kier alpha value is -4.04. The van der Waals surface area contributed by atoms with E-state index in [0.717, 1.165) is 15.9 Å². The van der Waals surface area contributed by atoms with Crippen molar-refractivity contribution in [3.05, 3.63) is 84.4 Å². The first-order valence-electron chi connectivity index (χ1n) is 10.5. The summed E-state index contributed by atoms with van der Waals surface area (Å²) in [5, 5.41) is 6.20. The summed E-state index contributed by atoms with van der Waals surface area (Å²) >= 11 is 1.41.